The third-order valence-corrected chi connectivity index (χ3v) is 7.42. The molecule has 2 saturated heterocycles. The first-order valence-corrected chi connectivity index (χ1v) is 11.5. The summed E-state index contributed by atoms with van der Waals surface area (Å²) in [6, 6.07) is 3.44. The van der Waals surface area contributed by atoms with Gasteiger partial charge in [0, 0.05) is 38.4 Å². The van der Waals surface area contributed by atoms with Gasteiger partial charge >= 0.3 is 0 Å². The lowest BCUT2D eigenvalue weighted by Crippen LogP contribution is -2.42. The van der Waals surface area contributed by atoms with Crippen LogP contribution in [0.1, 0.15) is 52.9 Å². The smallest absolute Gasteiger partial charge is 0.244 e. The van der Waals surface area contributed by atoms with E-state index in [4.69, 9.17) is 4.74 Å². The summed E-state index contributed by atoms with van der Waals surface area (Å²) in [6.45, 7) is 9.49. The molecular formula is C20H33N3O3S. The number of nitrogens with one attached hydrogen (secondary N) is 1. The lowest BCUT2D eigenvalue weighted by atomic mass is 9.78. The highest BCUT2D eigenvalue weighted by atomic mass is 32.2. The molecule has 2 unspecified atom stereocenters. The van der Waals surface area contributed by atoms with Crippen molar-refractivity contribution in [1.29, 1.82) is 0 Å². The van der Waals surface area contributed by atoms with Crippen LogP contribution in [-0.2, 0) is 14.8 Å². The van der Waals surface area contributed by atoms with Gasteiger partial charge in [-0.3, -0.25) is 0 Å². The summed E-state index contributed by atoms with van der Waals surface area (Å²) in [5.74, 6) is 1.14. The number of hydrogen-bond acceptors (Lipinski definition) is 5. The summed E-state index contributed by atoms with van der Waals surface area (Å²) in [5.41, 5.74) is 0.104. The van der Waals surface area contributed by atoms with Gasteiger partial charge in [0.05, 0.1) is 6.10 Å². The van der Waals surface area contributed by atoms with Crippen LogP contribution >= 0.6 is 0 Å². The second kappa shape index (κ2) is 8.45. The fourth-order valence-corrected chi connectivity index (χ4v) is 5.60. The van der Waals surface area contributed by atoms with E-state index in [9.17, 15) is 8.42 Å². The van der Waals surface area contributed by atoms with E-state index in [1.54, 1.807) is 16.4 Å². The Balaban J connectivity index is 1.62. The minimum absolute atomic E-state index is 0.104. The predicted octanol–water partition coefficient (Wildman–Crippen LogP) is 3.51. The molecule has 0 aromatic carbocycles. The zero-order valence-corrected chi connectivity index (χ0v) is 17.6. The third-order valence-electron chi connectivity index (χ3n) is 5.53. The molecule has 0 saturated carbocycles. The van der Waals surface area contributed by atoms with Gasteiger partial charge in [-0.1, -0.05) is 27.2 Å². The molecule has 2 fully saturated rings. The summed E-state index contributed by atoms with van der Waals surface area (Å²) >= 11 is 0. The van der Waals surface area contributed by atoms with Gasteiger partial charge in [0.15, 0.2) is 0 Å². The van der Waals surface area contributed by atoms with Crippen molar-refractivity contribution in [3.63, 3.8) is 0 Å². The van der Waals surface area contributed by atoms with Gasteiger partial charge in [-0.2, -0.15) is 4.31 Å². The number of rotatable bonds is 5. The first kappa shape index (κ1) is 20.6. The Morgan fingerprint density at radius 3 is 2.56 bits per heavy atom. The summed E-state index contributed by atoms with van der Waals surface area (Å²) < 4.78 is 33.0. The molecule has 1 N–H and O–H groups in total. The Bertz CT molecular complexity index is 707. The number of ether oxygens (including phenoxy) is 1. The highest BCUT2D eigenvalue weighted by Gasteiger charge is 2.35. The molecule has 152 valence electrons. The van der Waals surface area contributed by atoms with Crippen LogP contribution in [0, 0.1) is 11.3 Å². The van der Waals surface area contributed by atoms with E-state index in [-0.39, 0.29) is 16.4 Å². The molecule has 2 aliphatic rings. The minimum Gasteiger partial charge on any atom is -0.377 e. The summed E-state index contributed by atoms with van der Waals surface area (Å²) in [6.07, 6.45) is 6.89. The van der Waals surface area contributed by atoms with Gasteiger partial charge in [-0.15, -0.1) is 0 Å². The molecule has 1 aromatic heterocycles. The molecule has 6 nitrogen and oxygen atoms in total. The maximum atomic E-state index is 12.7. The monoisotopic (exact) mass is 395 g/mol. The number of anilines is 1. The second-order valence-corrected chi connectivity index (χ2v) is 10.7. The molecule has 0 amide bonds. The van der Waals surface area contributed by atoms with Crippen molar-refractivity contribution in [3.8, 4) is 0 Å². The van der Waals surface area contributed by atoms with Crippen LogP contribution in [0.4, 0.5) is 5.82 Å². The van der Waals surface area contributed by atoms with E-state index in [1.807, 2.05) is 0 Å². The summed E-state index contributed by atoms with van der Waals surface area (Å²) in [4.78, 5) is 4.63. The zero-order valence-electron chi connectivity index (χ0n) is 16.8. The molecule has 7 heteroatoms. The van der Waals surface area contributed by atoms with Crippen molar-refractivity contribution in [2.45, 2.75) is 63.9 Å². The number of aromatic nitrogens is 1. The minimum atomic E-state index is -3.42. The second-order valence-electron chi connectivity index (χ2n) is 8.78. The van der Waals surface area contributed by atoms with Gasteiger partial charge in [-0.05, 0) is 43.2 Å². The first-order valence-electron chi connectivity index (χ1n) is 10.1. The lowest BCUT2D eigenvalue weighted by Gasteiger charge is -2.40. The van der Waals surface area contributed by atoms with E-state index < -0.39 is 10.0 Å². The maximum Gasteiger partial charge on any atom is 0.244 e. The van der Waals surface area contributed by atoms with Crippen molar-refractivity contribution >= 4 is 15.8 Å². The molecule has 1 aromatic rings. The number of hydrogen-bond donors (Lipinski definition) is 1. The van der Waals surface area contributed by atoms with Gasteiger partial charge < -0.3 is 10.1 Å². The molecule has 3 heterocycles. The van der Waals surface area contributed by atoms with Gasteiger partial charge in [0.25, 0.3) is 0 Å². The fourth-order valence-electron chi connectivity index (χ4n) is 4.14. The van der Waals surface area contributed by atoms with Crippen LogP contribution in [0.2, 0.25) is 0 Å². The van der Waals surface area contributed by atoms with Gasteiger partial charge in [0.2, 0.25) is 10.0 Å². The van der Waals surface area contributed by atoms with Crippen LogP contribution < -0.4 is 5.32 Å². The molecule has 0 radical (unpaired) electrons. The van der Waals surface area contributed by atoms with Crippen LogP contribution in [0.15, 0.2) is 23.2 Å². The van der Waals surface area contributed by atoms with Crippen molar-refractivity contribution in [1.82, 2.24) is 9.29 Å². The standard InChI is InChI=1S/C20H33N3O3S/c1-20(2,3)19-16(8-7-13-26-19)14-21-18-10-9-17(15-22-18)27(24,25)23-11-5-4-6-12-23/h9-10,15-16,19H,4-8,11-14H2,1-3H3,(H,21,22). The molecule has 27 heavy (non-hydrogen) atoms. The predicted molar refractivity (Wildman–Crippen MR) is 107 cm³/mol. The molecule has 2 atom stereocenters. The van der Waals surface area contributed by atoms with Crippen molar-refractivity contribution in [3.05, 3.63) is 18.3 Å². The average molecular weight is 396 g/mol. The third kappa shape index (κ3) is 5.00. The van der Waals surface area contributed by atoms with E-state index in [0.717, 1.165) is 45.3 Å². The number of nitrogens with zero attached hydrogens (tertiary/aromatic N) is 2. The highest BCUT2D eigenvalue weighted by Crippen LogP contribution is 2.34. The fraction of sp³-hybridized carbons (Fsp3) is 0.750. The lowest BCUT2D eigenvalue weighted by molar-refractivity contribution is -0.0814. The summed E-state index contributed by atoms with van der Waals surface area (Å²) in [5, 5.41) is 3.38. The van der Waals surface area contributed by atoms with E-state index in [1.165, 1.54) is 6.20 Å². The number of sulfonamides is 1. The molecule has 0 bridgehead atoms. The van der Waals surface area contributed by atoms with E-state index in [2.05, 4.69) is 31.1 Å². The molecule has 3 rings (SSSR count). The van der Waals surface area contributed by atoms with Gasteiger partial charge in [-0.25, -0.2) is 13.4 Å². The summed E-state index contributed by atoms with van der Waals surface area (Å²) in [7, 11) is -3.42. The Kier molecular flexibility index (Phi) is 6.43. The average Bonchev–Trinajstić information content (AvgIpc) is 2.67. The van der Waals surface area contributed by atoms with Crippen LogP contribution in [0.3, 0.4) is 0 Å². The molecule has 0 spiro atoms. The van der Waals surface area contributed by atoms with E-state index >= 15 is 0 Å². The molecule has 0 aliphatic carbocycles. The zero-order chi connectivity index (χ0) is 19.5. The van der Waals surface area contributed by atoms with E-state index in [0.29, 0.717) is 24.8 Å². The van der Waals surface area contributed by atoms with Crippen LogP contribution in [0.25, 0.3) is 0 Å². The van der Waals surface area contributed by atoms with Crippen molar-refractivity contribution in [2.75, 3.05) is 31.6 Å². The highest BCUT2D eigenvalue weighted by molar-refractivity contribution is 7.89. The Morgan fingerprint density at radius 2 is 1.93 bits per heavy atom. The number of piperidine rings is 1. The largest absolute Gasteiger partial charge is 0.377 e. The normalized spacial score (nSPS) is 25.3. The van der Waals surface area contributed by atoms with Crippen LogP contribution in [0.5, 0.6) is 0 Å². The Labute approximate surface area is 163 Å². The van der Waals surface area contributed by atoms with Crippen molar-refractivity contribution in [2.24, 2.45) is 11.3 Å². The first-order chi connectivity index (χ1) is 12.8. The molecule has 2 aliphatic heterocycles. The Hall–Kier alpha value is -1.18. The SMILES string of the molecule is CC(C)(C)C1OCCCC1CNc1ccc(S(=O)(=O)N2CCCCC2)cn1. The van der Waals surface area contributed by atoms with Gasteiger partial charge in [0.1, 0.15) is 10.7 Å². The van der Waals surface area contributed by atoms with Crippen LogP contribution in [-0.4, -0.2) is 50.1 Å². The molecular weight excluding hydrogens is 362 g/mol. The number of pyridine rings is 1. The Morgan fingerprint density at radius 1 is 1.19 bits per heavy atom. The topological polar surface area (TPSA) is 71.5 Å². The maximum absolute atomic E-state index is 12.7. The van der Waals surface area contributed by atoms with Crippen molar-refractivity contribution < 1.29 is 13.2 Å². The quantitative estimate of drug-likeness (QED) is 0.826.